The number of rotatable bonds is 3. The first kappa shape index (κ1) is 6.09. The summed E-state index contributed by atoms with van der Waals surface area (Å²) in [6.07, 6.45) is 2.42. The molecule has 6 heavy (non-hydrogen) atoms. The molecule has 0 aromatic carbocycles. The van der Waals surface area contributed by atoms with E-state index in [9.17, 15) is 0 Å². The highest BCUT2D eigenvalue weighted by atomic mass is 16.4. The highest BCUT2D eigenvalue weighted by Crippen LogP contribution is 1.82. The summed E-state index contributed by atoms with van der Waals surface area (Å²) in [6.45, 7) is 2.15. The zero-order valence-corrected chi connectivity index (χ0v) is 4.53. The lowest BCUT2D eigenvalue weighted by atomic mass is 9.93. The van der Waals surface area contributed by atoms with Crippen molar-refractivity contribution in [1.29, 1.82) is 0 Å². The van der Waals surface area contributed by atoms with E-state index >= 15 is 0 Å². The van der Waals surface area contributed by atoms with Gasteiger partial charge in [0, 0.05) is 0 Å². The second-order valence-electron chi connectivity index (χ2n) is 1.35. The molecule has 0 heterocycles. The Morgan fingerprint density at radius 2 is 2.50 bits per heavy atom. The largest absolute Gasteiger partial charge is 0.507 e. The maximum Gasteiger partial charge on any atom is 0.256 e. The van der Waals surface area contributed by atoms with Crippen molar-refractivity contribution in [3.63, 3.8) is 0 Å². The molecule has 0 aliphatic carbocycles. The highest BCUT2D eigenvalue weighted by Gasteiger charge is 1.79. The van der Waals surface area contributed by atoms with Crippen LogP contribution in [0.3, 0.4) is 0 Å². The van der Waals surface area contributed by atoms with Crippen LogP contribution in [0.15, 0.2) is 0 Å². The van der Waals surface area contributed by atoms with Crippen LogP contribution in [0.2, 0.25) is 6.32 Å². The van der Waals surface area contributed by atoms with Crippen molar-refractivity contribution in [1.82, 2.24) is 0 Å². The molecule has 3 heteroatoms. The average molecular weight is 83.7 g/mol. The smallest absolute Gasteiger partial charge is 0.256 e. The molecule has 0 amide bonds. The minimum Gasteiger partial charge on any atom is -0.507 e. The Balaban J connectivity index is 2.34. The van der Waals surface area contributed by atoms with Gasteiger partial charge in [-0.05, 0) is 0 Å². The molecule has 1 nitrogen and oxygen atoms in total. The van der Waals surface area contributed by atoms with Gasteiger partial charge in [0.2, 0.25) is 8.05 Å². The van der Waals surface area contributed by atoms with Gasteiger partial charge in [0.1, 0.15) is 0 Å². The molecule has 0 radical (unpaired) electrons. The van der Waals surface area contributed by atoms with Gasteiger partial charge in [-0.1, -0.05) is 19.7 Å². The van der Waals surface area contributed by atoms with E-state index in [2.05, 4.69) is 6.92 Å². The molecule has 0 aromatic heterocycles. The van der Waals surface area contributed by atoms with Crippen LogP contribution in [0.4, 0.5) is 0 Å². The fraction of sp³-hybridized carbons (Fsp3) is 1.00. The maximum atomic E-state index is 4.78. The summed E-state index contributed by atoms with van der Waals surface area (Å²) in [5, 5.41) is 0. The maximum absolute atomic E-state index is 4.78. The minimum atomic E-state index is 0.913. The van der Waals surface area contributed by atoms with Crippen LogP contribution in [0, 0.1) is 0 Å². The highest BCUT2D eigenvalue weighted by molar-refractivity contribution is 6.34. The third kappa shape index (κ3) is 4.09. The van der Waals surface area contributed by atoms with Gasteiger partial charge in [-0.15, -0.1) is 0 Å². The van der Waals surface area contributed by atoms with Crippen LogP contribution < -0.4 is 0 Å². The SMILES string of the molecule is BOBCCC. The van der Waals surface area contributed by atoms with Crippen LogP contribution in [0.1, 0.15) is 13.3 Å². The fourth-order valence-corrected chi connectivity index (χ4v) is 0.289. The van der Waals surface area contributed by atoms with E-state index in [1.54, 1.807) is 8.05 Å². The summed E-state index contributed by atoms with van der Waals surface area (Å²) in [7, 11) is 2.64. The van der Waals surface area contributed by atoms with Crippen molar-refractivity contribution < 1.29 is 4.57 Å². The van der Waals surface area contributed by atoms with Crippen molar-refractivity contribution >= 4 is 15.5 Å². The molecule has 0 rings (SSSR count). The molecule has 0 N–H and O–H groups in total. The number of hydrogen-bond donors (Lipinski definition) is 0. The molecule has 0 bridgehead atoms. The van der Waals surface area contributed by atoms with E-state index in [-0.39, 0.29) is 0 Å². The van der Waals surface area contributed by atoms with Gasteiger partial charge >= 0.3 is 0 Å². The molecule has 34 valence electrons. The van der Waals surface area contributed by atoms with Crippen molar-refractivity contribution in [3.8, 4) is 0 Å². The Hall–Kier alpha value is 0.0899. The molecule has 0 unspecified atom stereocenters. The van der Waals surface area contributed by atoms with E-state index in [4.69, 9.17) is 4.57 Å². The van der Waals surface area contributed by atoms with Gasteiger partial charge in [-0.25, -0.2) is 0 Å². The first-order valence-electron chi connectivity index (χ1n) is 2.40. The minimum absolute atomic E-state index is 0.913. The Bertz CT molecular complexity index is 20.8. The predicted molar refractivity (Wildman–Crippen MR) is 31.9 cm³/mol. The first-order valence-corrected chi connectivity index (χ1v) is 2.40. The molecule has 0 aliphatic heterocycles. The van der Waals surface area contributed by atoms with E-state index in [1.165, 1.54) is 12.7 Å². The van der Waals surface area contributed by atoms with Gasteiger partial charge in [0.05, 0.1) is 0 Å². The molecule has 0 aromatic rings. The quantitative estimate of drug-likeness (QED) is 0.337. The van der Waals surface area contributed by atoms with Gasteiger partial charge in [0.15, 0.2) is 0 Å². The van der Waals surface area contributed by atoms with E-state index < -0.39 is 0 Å². The van der Waals surface area contributed by atoms with Crippen LogP contribution >= 0.6 is 0 Å². The Kier molecular flexibility index (Phi) is 5.17. The standard InChI is InChI=1S/C3H10B2O/c1-2-3-5-6-4/h5H,2-4H2,1H3. The van der Waals surface area contributed by atoms with Crippen LogP contribution in [0.25, 0.3) is 0 Å². The van der Waals surface area contributed by atoms with E-state index in [1.807, 2.05) is 0 Å². The van der Waals surface area contributed by atoms with Crippen LogP contribution in [-0.2, 0) is 4.57 Å². The Morgan fingerprint density at radius 3 is 2.67 bits per heavy atom. The molecular formula is C3H10B2O. The molecule has 0 saturated carbocycles. The zero-order chi connectivity index (χ0) is 4.83. The normalized spacial score (nSPS) is 8.17. The third-order valence-corrected chi connectivity index (χ3v) is 0.702. The van der Waals surface area contributed by atoms with E-state index in [0.717, 1.165) is 7.48 Å². The zero-order valence-electron chi connectivity index (χ0n) is 4.53. The average Bonchev–Trinajstić information content (AvgIpc) is 1.61. The summed E-state index contributed by atoms with van der Waals surface area (Å²) in [5.41, 5.74) is 0. The second kappa shape index (κ2) is 5.09. The van der Waals surface area contributed by atoms with Gasteiger partial charge in [-0.2, -0.15) is 0 Å². The lowest BCUT2D eigenvalue weighted by Gasteiger charge is -1.86. The van der Waals surface area contributed by atoms with Gasteiger partial charge < -0.3 is 4.57 Å². The second-order valence-corrected chi connectivity index (χ2v) is 1.35. The van der Waals surface area contributed by atoms with Crippen molar-refractivity contribution in [3.05, 3.63) is 0 Å². The van der Waals surface area contributed by atoms with Crippen molar-refractivity contribution in [2.75, 3.05) is 0 Å². The van der Waals surface area contributed by atoms with Crippen molar-refractivity contribution in [2.24, 2.45) is 0 Å². The number of hydrogen-bond acceptors (Lipinski definition) is 1. The molecule has 0 aliphatic rings. The molecule has 0 atom stereocenters. The lowest BCUT2D eigenvalue weighted by Crippen LogP contribution is -1.90. The Morgan fingerprint density at radius 1 is 1.83 bits per heavy atom. The topological polar surface area (TPSA) is 9.23 Å². The Labute approximate surface area is 40.8 Å². The fourth-order valence-electron chi connectivity index (χ4n) is 0.289. The van der Waals surface area contributed by atoms with Crippen LogP contribution in [-0.4, -0.2) is 15.5 Å². The van der Waals surface area contributed by atoms with Crippen molar-refractivity contribution in [2.45, 2.75) is 19.7 Å². The van der Waals surface area contributed by atoms with Gasteiger partial charge in [0.25, 0.3) is 7.48 Å². The third-order valence-electron chi connectivity index (χ3n) is 0.702. The summed E-state index contributed by atoms with van der Waals surface area (Å²) < 4.78 is 4.78. The monoisotopic (exact) mass is 84.1 g/mol. The molecular weight excluding hydrogens is 73.7 g/mol. The summed E-state index contributed by atoms with van der Waals surface area (Å²) in [4.78, 5) is 0. The van der Waals surface area contributed by atoms with Gasteiger partial charge in [-0.3, -0.25) is 0 Å². The van der Waals surface area contributed by atoms with Crippen LogP contribution in [0.5, 0.6) is 0 Å². The molecule has 0 fully saturated rings. The predicted octanol–water partition coefficient (Wildman–Crippen LogP) is -0.269. The first-order chi connectivity index (χ1) is 2.91. The summed E-state index contributed by atoms with van der Waals surface area (Å²) in [6, 6.07) is 0. The van der Waals surface area contributed by atoms with E-state index in [0.29, 0.717) is 0 Å². The lowest BCUT2D eigenvalue weighted by molar-refractivity contribution is 0.657. The summed E-state index contributed by atoms with van der Waals surface area (Å²) in [5.74, 6) is 0. The molecule has 0 saturated heterocycles. The summed E-state index contributed by atoms with van der Waals surface area (Å²) >= 11 is 0. The molecule has 0 spiro atoms.